The summed E-state index contributed by atoms with van der Waals surface area (Å²) in [4.78, 5) is 29.7. The van der Waals surface area contributed by atoms with Crippen molar-refractivity contribution in [1.82, 2.24) is 9.55 Å². The van der Waals surface area contributed by atoms with E-state index < -0.39 is 5.97 Å². The van der Waals surface area contributed by atoms with E-state index in [1.54, 1.807) is 36.3 Å². The van der Waals surface area contributed by atoms with Crippen molar-refractivity contribution in [3.8, 4) is 10.4 Å². The topological polar surface area (TPSA) is 73.2 Å². The van der Waals surface area contributed by atoms with Crippen LogP contribution >= 0.6 is 11.3 Å². The first-order valence-corrected chi connectivity index (χ1v) is 8.61. The SMILES string of the molecule is CCOC(=O)c1sc(-c2ccccc2)cc1NC(=O)Cn1ccnc1. The normalized spacial score (nSPS) is 10.4. The number of carbonyl (C=O) groups excluding carboxylic acids is 2. The van der Waals surface area contributed by atoms with Gasteiger partial charge in [0.1, 0.15) is 11.4 Å². The number of rotatable bonds is 6. The van der Waals surface area contributed by atoms with Crippen LogP contribution in [0.15, 0.2) is 55.1 Å². The summed E-state index contributed by atoms with van der Waals surface area (Å²) in [5.41, 5.74) is 1.44. The van der Waals surface area contributed by atoms with Crippen LogP contribution in [0.4, 0.5) is 5.69 Å². The van der Waals surface area contributed by atoms with E-state index in [1.165, 1.54) is 11.3 Å². The van der Waals surface area contributed by atoms with Crippen molar-refractivity contribution >= 4 is 28.9 Å². The van der Waals surface area contributed by atoms with E-state index in [0.717, 1.165) is 10.4 Å². The molecule has 0 bridgehead atoms. The summed E-state index contributed by atoms with van der Waals surface area (Å²) in [6.07, 6.45) is 4.87. The van der Waals surface area contributed by atoms with Crippen molar-refractivity contribution in [2.75, 3.05) is 11.9 Å². The largest absolute Gasteiger partial charge is 0.462 e. The highest BCUT2D eigenvalue weighted by Crippen LogP contribution is 2.35. The molecule has 0 fully saturated rings. The van der Waals surface area contributed by atoms with E-state index in [2.05, 4.69) is 10.3 Å². The predicted molar refractivity (Wildman–Crippen MR) is 96.6 cm³/mol. The van der Waals surface area contributed by atoms with Gasteiger partial charge in [0.05, 0.1) is 18.6 Å². The van der Waals surface area contributed by atoms with Gasteiger partial charge in [-0.15, -0.1) is 11.3 Å². The fourth-order valence-electron chi connectivity index (χ4n) is 2.31. The molecule has 0 saturated carbocycles. The van der Waals surface area contributed by atoms with Crippen LogP contribution < -0.4 is 5.32 Å². The van der Waals surface area contributed by atoms with Gasteiger partial charge < -0.3 is 14.6 Å². The lowest BCUT2D eigenvalue weighted by atomic mass is 10.2. The van der Waals surface area contributed by atoms with E-state index in [0.29, 0.717) is 10.6 Å². The molecule has 2 heterocycles. The zero-order chi connectivity index (χ0) is 17.6. The number of ether oxygens (including phenoxy) is 1. The first kappa shape index (κ1) is 16.9. The lowest BCUT2D eigenvalue weighted by molar-refractivity contribution is -0.116. The highest BCUT2D eigenvalue weighted by atomic mass is 32.1. The van der Waals surface area contributed by atoms with Crippen LogP contribution in [0.2, 0.25) is 0 Å². The summed E-state index contributed by atoms with van der Waals surface area (Å²) in [6, 6.07) is 11.5. The summed E-state index contributed by atoms with van der Waals surface area (Å²) in [5, 5.41) is 2.80. The monoisotopic (exact) mass is 355 g/mol. The molecule has 0 aliphatic heterocycles. The summed E-state index contributed by atoms with van der Waals surface area (Å²) >= 11 is 1.30. The third-order valence-corrected chi connectivity index (χ3v) is 4.57. The first-order valence-electron chi connectivity index (χ1n) is 7.79. The Labute approximate surface area is 149 Å². The van der Waals surface area contributed by atoms with Gasteiger partial charge in [0.25, 0.3) is 0 Å². The van der Waals surface area contributed by atoms with Gasteiger partial charge in [0.15, 0.2) is 0 Å². The highest BCUT2D eigenvalue weighted by Gasteiger charge is 2.20. The van der Waals surface area contributed by atoms with E-state index in [1.807, 2.05) is 30.3 Å². The minimum absolute atomic E-state index is 0.124. The van der Waals surface area contributed by atoms with Crippen LogP contribution in [-0.2, 0) is 16.1 Å². The average Bonchev–Trinajstić information content (AvgIpc) is 3.26. The summed E-state index contributed by atoms with van der Waals surface area (Å²) in [7, 11) is 0. The van der Waals surface area contributed by atoms with Crippen LogP contribution in [0.5, 0.6) is 0 Å². The van der Waals surface area contributed by atoms with Gasteiger partial charge in [-0.05, 0) is 18.6 Å². The number of nitrogens with one attached hydrogen (secondary N) is 1. The molecule has 1 N–H and O–H groups in total. The van der Waals surface area contributed by atoms with Gasteiger partial charge in [-0.25, -0.2) is 9.78 Å². The molecule has 0 saturated heterocycles. The van der Waals surface area contributed by atoms with Crippen molar-refractivity contribution in [3.63, 3.8) is 0 Å². The zero-order valence-corrected chi connectivity index (χ0v) is 14.5. The van der Waals surface area contributed by atoms with Gasteiger partial charge in [-0.2, -0.15) is 0 Å². The molecular formula is C18H17N3O3S. The minimum atomic E-state index is -0.437. The molecule has 0 atom stereocenters. The third-order valence-electron chi connectivity index (χ3n) is 3.41. The molecule has 0 spiro atoms. The van der Waals surface area contributed by atoms with Crippen LogP contribution in [0.1, 0.15) is 16.6 Å². The molecule has 6 nitrogen and oxygen atoms in total. The fourth-order valence-corrected chi connectivity index (χ4v) is 3.33. The quantitative estimate of drug-likeness (QED) is 0.688. The molecule has 1 amide bonds. The Morgan fingerprint density at radius 3 is 2.76 bits per heavy atom. The smallest absolute Gasteiger partial charge is 0.350 e. The van der Waals surface area contributed by atoms with Crippen molar-refractivity contribution < 1.29 is 14.3 Å². The molecular weight excluding hydrogens is 338 g/mol. The molecule has 0 radical (unpaired) electrons. The Hall–Kier alpha value is -2.93. The Balaban J connectivity index is 1.86. The summed E-state index contributed by atoms with van der Waals surface area (Å²) in [6.45, 7) is 2.15. The molecule has 0 aliphatic rings. The predicted octanol–water partition coefficient (Wildman–Crippen LogP) is 3.43. The number of carbonyl (C=O) groups is 2. The highest BCUT2D eigenvalue weighted by molar-refractivity contribution is 7.18. The standard InChI is InChI=1S/C18H17N3O3S/c1-2-24-18(23)17-14(20-16(22)11-21-9-8-19-12-21)10-15(25-17)13-6-4-3-5-7-13/h3-10,12H,2,11H2,1H3,(H,20,22). The number of hydrogen-bond donors (Lipinski definition) is 1. The lowest BCUT2D eigenvalue weighted by Crippen LogP contribution is -2.19. The molecule has 3 aromatic rings. The summed E-state index contributed by atoms with van der Waals surface area (Å²) < 4.78 is 6.77. The lowest BCUT2D eigenvalue weighted by Gasteiger charge is -2.06. The van der Waals surface area contributed by atoms with Gasteiger partial charge in [0.2, 0.25) is 5.91 Å². The minimum Gasteiger partial charge on any atom is -0.462 e. The van der Waals surface area contributed by atoms with Crippen LogP contribution in [-0.4, -0.2) is 28.0 Å². The molecule has 1 aromatic carbocycles. The zero-order valence-electron chi connectivity index (χ0n) is 13.6. The second-order valence-corrected chi connectivity index (χ2v) is 6.28. The third kappa shape index (κ3) is 4.13. The Bertz CT molecular complexity index is 857. The molecule has 0 unspecified atom stereocenters. The molecule has 2 aromatic heterocycles. The van der Waals surface area contributed by atoms with Gasteiger partial charge >= 0.3 is 5.97 Å². The summed E-state index contributed by atoms with van der Waals surface area (Å²) in [5.74, 6) is -0.673. The number of benzene rings is 1. The van der Waals surface area contributed by atoms with Crippen molar-refractivity contribution in [3.05, 3.63) is 60.0 Å². The van der Waals surface area contributed by atoms with E-state index in [-0.39, 0.29) is 19.1 Å². The molecule has 7 heteroatoms. The number of thiophene rings is 1. The second kappa shape index (κ2) is 7.76. The fraction of sp³-hybridized carbons (Fsp3) is 0.167. The molecule has 128 valence electrons. The van der Waals surface area contributed by atoms with Crippen molar-refractivity contribution in [2.45, 2.75) is 13.5 Å². The maximum atomic E-state index is 12.3. The van der Waals surface area contributed by atoms with Gasteiger partial charge in [0, 0.05) is 17.3 Å². The first-order chi connectivity index (χ1) is 12.2. The van der Waals surface area contributed by atoms with E-state index in [9.17, 15) is 9.59 Å². The number of hydrogen-bond acceptors (Lipinski definition) is 5. The Kier molecular flexibility index (Phi) is 5.25. The Morgan fingerprint density at radius 1 is 1.28 bits per heavy atom. The van der Waals surface area contributed by atoms with Gasteiger partial charge in [-0.3, -0.25) is 4.79 Å². The van der Waals surface area contributed by atoms with Crippen molar-refractivity contribution in [2.24, 2.45) is 0 Å². The molecule has 0 aliphatic carbocycles. The van der Waals surface area contributed by atoms with Crippen molar-refractivity contribution in [1.29, 1.82) is 0 Å². The number of anilines is 1. The van der Waals surface area contributed by atoms with Crippen LogP contribution in [0, 0.1) is 0 Å². The Morgan fingerprint density at radius 2 is 2.08 bits per heavy atom. The van der Waals surface area contributed by atoms with Crippen LogP contribution in [0.25, 0.3) is 10.4 Å². The van der Waals surface area contributed by atoms with Gasteiger partial charge in [-0.1, -0.05) is 30.3 Å². The number of esters is 1. The molecule has 3 rings (SSSR count). The number of aromatic nitrogens is 2. The second-order valence-electron chi connectivity index (χ2n) is 5.22. The number of amides is 1. The van der Waals surface area contributed by atoms with Crippen LogP contribution in [0.3, 0.4) is 0 Å². The maximum Gasteiger partial charge on any atom is 0.350 e. The maximum absolute atomic E-state index is 12.3. The average molecular weight is 355 g/mol. The number of nitrogens with zero attached hydrogens (tertiary/aromatic N) is 2. The van der Waals surface area contributed by atoms with E-state index in [4.69, 9.17) is 4.74 Å². The van der Waals surface area contributed by atoms with E-state index >= 15 is 0 Å². The number of imidazole rings is 1. The molecule has 25 heavy (non-hydrogen) atoms.